The fourth-order valence-electron chi connectivity index (χ4n) is 3.48. The van der Waals surface area contributed by atoms with Crippen LogP contribution in [0.5, 0.6) is 0 Å². The van der Waals surface area contributed by atoms with Crippen LogP contribution in [0.2, 0.25) is 0 Å². The first-order valence-electron chi connectivity index (χ1n) is 9.51. The molecule has 1 aromatic carbocycles. The van der Waals surface area contributed by atoms with Crippen LogP contribution < -0.4 is 5.32 Å². The molecule has 0 saturated carbocycles. The van der Waals surface area contributed by atoms with Gasteiger partial charge in [0.1, 0.15) is 0 Å². The molecule has 1 aromatic heterocycles. The molecule has 4 rings (SSSR count). The second-order valence-corrected chi connectivity index (χ2v) is 9.76. The van der Waals surface area contributed by atoms with Gasteiger partial charge in [0.15, 0.2) is 0 Å². The van der Waals surface area contributed by atoms with Crippen LogP contribution in [0.1, 0.15) is 28.7 Å². The highest BCUT2D eigenvalue weighted by atomic mass is 32.2. The summed E-state index contributed by atoms with van der Waals surface area (Å²) in [5, 5.41) is 3.02. The van der Waals surface area contributed by atoms with Gasteiger partial charge in [0.25, 0.3) is 0 Å². The SMILES string of the molecule is O=C(Nc1cccc(C2SCCCS2)c1)C1CC(=O)N(Cc2ccccn2)C1. The molecular weight excluding hydrogens is 390 g/mol. The topological polar surface area (TPSA) is 62.3 Å². The van der Waals surface area contributed by atoms with Crippen LogP contribution in [0.15, 0.2) is 48.7 Å². The zero-order valence-corrected chi connectivity index (χ0v) is 17.2. The van der Waals surface area contributed by atoms with Crippen LogP contribution in [0.3, 0.4) is 0 Å². The number of hydrogen-bond acceptors (Lipinski definition) is 5. The number of amides is 2. The number of benzene rings is 1. The van der Waals surface area contributed by atoms with Gasteiger partial charge in [-0.05, 0) is 47.8 Å². The van der Waals surface area contributed by atoms with Crippen LogP contribution in [-0.4, -0.2) is 39.7 Å². The van der Waals surface area contributed by atoms with E-state index >= 15 is 0 Å². The molecule has 1 N–H and O–H groups in total. The van der Waals surface area contributed by atoms with E-state index in [1.54, 1.807) is 11.1 Å². The van der Waals surface area contributed by atoms with Crippen molar-refractivity contribution in [2.24, 2.45) is 5.92 Å². The highest BCUT2D eigenvalue weighted by molar-refractivity contribution is 8.16. The molecule has 2 aromatic rings. The third-order valence-electron chi connectivity index (χ3n) is 4.92. The number of nitrogens with one attached hydrogen (secondary N) is 1. The van der Waals surface area contributed by atoms with Gasteiger partial charge in [0.2, 0.25) is 11.8 Å². The number of rotatable bonds is 5. The van der Waals surface area contributed by atoms with E-state index in [4.69, 9.17) is 0 Å². The summed E-state index contributed by atoms with van der Waals surface area (Å²) in [6.07, 6.45) is 3.23. The quantitative estimate of drug-likeness (QED) is 0.805. The number of anilines is 1. The fourth-order valence-corrected chi connectivity index (χ4v) is 6.35. The number of thioether (sulfide) groups is 2. The molecule has 2 aliphatic heterocycles. The molecule has 2 fully saturated rings. The minimum absolute atomic E-state index is 0.00885. The lowest BCUT2D eigenvalue weighted by atomic mass is 10.1. The lowest BCUT2D eigenvalue weighted by molar-refractivity contribution is -0.128. The maximum atomic E-state index is 12.7. The van der Waals surface area contributed by atoms with Gasteiger partial charge in [-0.25, -0.2) is 0 Å². The number of carbonyl (C=O) groups is 2. The molecule has 0 radical (unpaired) electrons. The van der Waals surface area contributed by atoms with Crippen molar-refractivity contribution in [3.05, 3.63) is 59.9 Å². The first kappa shape index (κ1) is 19.3. The maximum Gasteiger partial charge on any atom is 0.229 e. The largest absolute Gasteiger partial charge is 0.336 e. The normalized spacial score (nSPS) is 20.4. The first-order chi connectivity index (χ1) is 13.7. The van der Waals surface area contributed by atoms with Gasteiger partial charge in [-0.15, -0.1) is 23.5 Å². The average Bonchev–Trinajstić information content (AvgIpc) is 3.10. The predicted octanol–water partition coefficient (Wildman–Crippen LogP) is 3.94. The Morgan fingerprint density at radius 3 is 2.82 bits per heavy atom. The highest BCUT2D eigenvalue weighted by Gasteiger charge is 2.34. The Labute approximate surface area is 173 Å². The smallest absolute Gasteiger partial charge is 0.229 e. The van der Waals surface area contributed by atoms with Gasteiger partial charge < -0.3 is 10.2 Å². The molecule has 0 bridgehead atoms. The zero-order valence-electron chi connectivity index (χ0n) is 15.5. The molecule has 1 atom stereocenters. The Bertz CT molecular complexity index is 841. The number of nitrogens with zero attached hydrogens (tertiary/aromatic N) is 2. The van der Waals surface area contributed by atoms with Crippen molar-refractivity contribution in [3.8, 4) is 0 Å². The summed E-state index contributed by atoms with van der Waals surface area (Å²) in [4.78, 5) is 31.0. The van der Waals surface area contributed by atoms with Gasteiger partial charge >= 0.3 is 0 Å². The maximum absolute atomic E-state index is 12.7. The van der Waals surface area contributed by atoms with Crippen molar-refractivity contribution < 1.29 is 9.59 Å². The fraction of sp³-hybridized carbons (Fsp3) is 0.381. The van der Waals surface area contributed by atoms with Crippen LogP contribution in [0.25, 0.3) is 0 Å². The summed E-state index contributed by atoms with van der Waals surface area (Å²) in [5.74, 6) is 1.97. The van der Waals surface area contributed by atoms with E-state index in [1.165, 1.54) is 23.5 Å². The number of aromatic nitrogens is 1. The van der Waals surface area contributed by atoms with Gasteiger partial charge in [0.05, 0.1) is 22.7 Å². The third kappa shape index (κ3) is 4.70. The average molecular weight is 414 g/mol. The summed E-state index contributed by atoms with van der Waals surface area (Å²) < 4.78 is 0.438. The van der Waals surface area contributed by atoms with E-state index in [1.807, 2.05) is 53.9 Å². The Morgan fingerprint density at radius 2 is 2.04 bits per heavy atom. The predicted molar refractivity (Wildman–Crippen MR) is 115 cm³/mol. The second kappa shape index (κ2) is 9.01. The summed E-state index contributed by atoms with van der Waals surface area (Å²) >= 11 is 3.93. The van der Waals surface area contributed by atoms with Crippen LogP contribution in [0, 0.1) is 5.92 Å². The molecular formula is C21H23N3O2S2. The summed E-state index contributed by atoms with van der Waals surface area (Å²) in [6.45, 7) is 0.893. The van der Waals surface area contributed by atoms with Crippen molar-refractivity contribution in [1.82, 2.24) is 9.88 Å². The minimum Gasteiger partial charge on any atom is -0.336 e. The molecule has 28 heavy (non-hydrogen) atoms. The number of carbonyl (C=O) groups excluding carboxylic acids is 2. The van der Waals surface area contributed by atoms with E-state index in [2.05, 4.69) is 22.4 Å². The van der Waals surface area contributed by atoms with Crippen molar-refractivity contribution in [2.75, 3.05) is 23.4 Å². The van der Waals surface area contributed by atoms with E-state index in [0.717, 1.165) is 11.4 Å². The van der Waals surface area contributed by atoms with Gasteiger partial charge in [-0.2, -0.15) is 0 Å². The lowest BCUT2D eigenvalue weighted by Crippen LogP contribution is -2.28. The Kier molecular flexibility index (Phi) is 6.22. The van der Waals surface area contributed by atoms with Gasteiger partial charge in [0, 0.05) is 24.8 Å². The first-order valence-corrected chi connectivity index (χ1v) is 11.6. The number of likely N-dealkylation sites (tertiary alicyclic amines) is 1. The van der Waals surface area contributed by atoms with Crippen molar-refractivity contribution in [2.45, 2.75) is 24.0 Å². The number of hydrogen-bond donors (Lipinski definition) is 1. The molecule has 3 heterocycles. The molecule has 2 aliphatic rings. The standard InChI is InChI=1S/C21H23N3O2S2/c25-19-12-16(13-24(19)14-18-6-1-2-8-22-18)20(26)23-17-7-3-5-15(11-17)21-27-9-4-10-28-21/h1-3,5-8,11,16,21H,4,9-10,12-14H2,(H,23,26). The summed E-state index contributed by atoms with van der Waals surface area (Å²) in [6, 6.07) is 13.8. The van der Waals surface area contributed by atoms with E-state index in [9.17, 15) is 9.59 Å². The van der Waals surface area contributed by atoms with Crippen molar-refractivity contribution >= 4 is 41.0 Å². The van der Waals surface area contributed by atoms with Crippen LogP contribution in [0.4, 0.5) is 5.69 Å². The lowest BCUT2D eigenvalue weighted by Gasteiger charge is -2.22. The number of pyridine rings is 1. The molecule has 0 aliphatic carbocycles. The van der Waals surface area contributed by atoms with E-state index in [0.29, 0.717) is 17.7 Å². The second-order valence-electron chi connectivity index (χ2n) is 7.04. The van der Waals surface area contributed by atoms with Gasteiger partial charge in [-0.3, -0.25) is 14.6 Å². The van der Waals surface area contributed by atoms with Crippen molar-refractivity contribution in [3.63, 3.8) is 0 Å². The molecule has 146 valence electrons. The molecule has 7 heteroatoms. The Hall–Kier alpha value is -1.99. The summed E-state index contributed by atoms with van der Waals surface area (Å²) in [7, 11) is 0. The molecule has 0 spiro atoms. The van der Waals surface area contributed by atoms with Gasteiger partial charge in [-0.1, -0.05) is 18.2 Å². The van der Waals surface area contributed by atoms with Crippen LogP contribution in [-0.2, 0) is 16.1 Å². The molecule has 2 saturated heterocycles. The third-order valence-corrected chi connectivity index (χ3v) is 7.93. The minimum atomic E-state index is -0.321. The zero-order chi connectivity index (χ0) is 19.3. The molecule has 2 amide bonds. The summed E-state index contributed by atoms with van der Waals surface area (Å²) in [5.41, 5.74) is 2.89. The molecule has 1 unspecified atom stereocenters. The van der Waals surface area contributed by atoms with E-state index in [-0.39, 0.29) is 24.2 Å². The Morgan fingerprint density at radius 1 is 1.18 bits per heavy atom. The Balaban J connectivity index is 1.37. The molecule has 5 nitrogen and oxygen atoms in total. The van der Waals surface area contributed by atoms with Crippen LogP contribution >= 0.6 is 23.5 Å². The van der Waals surface area contributed by atoms with E-state index < -0.39 is 0 Å². The van der Waals surface area contributed by atoms with Crippen molar-refractivity contribution in [1.29, 1.82) is 0 Å². The monoisotopic (exact) mass is 413 g/mol. The highest BCUT2D eigenvalue weighted by Crippen LogP contribution is 2.44.